The van der Waals surface area contributed by atoms with Gasteiger partial charge in [-0.2, -0.15) is 0 Å². The number of carbonyl (C=O) groups excluding carboxylic acids is 1. The van der Waals surface area contributed by atoms with Crippen molar-refractivity contribution in [2.45, 2.75) is 31.4 Å². The fraction of sp³-hybridized carbons (Fsp3) is 0.611. The lowest BCUT2D eigenvalue weighted by Gasteiger charge is -2.27. The molecule has 0 bridgehead atoms. The highest BCUT2D eigenvalue weighted by atomic mass is 35.5. The van der Waals surface area contributed by atoms with Crippen LogP contribution in [0.2, 0.25) is 0 Å². The van der Waals surface area contributed by atoms with Gasteiger partial charge in [0.05, 0.1) is 19.3 Å². The van der Waals surface area contributed by atoms with E-state index in [1.807, 2.05) is 11.0 Å². The number of ether oxygens (including phenoxy) is 2. The van der Waals surface area contributed by atoms with Gasteiger partial charge in [0.25, 0.3) is 0 Å². The number of nitrogens with zero attached hydrogens (tertiary/aromatic N) is 1. The van der Waals surface area contributed by atoms with Crippen LogP contribution in [-0.4, -0.2) is 62.4 Å². The first-order valence-corrected chi connectivity index (χ1v) is 8.58. The van der Waals surface area contributed by atoms with E-state index in [0.29, 0.717) is 19.8 Å². The summed E-state index contributed by atoms with van der Waals surface area (Å²) in [6.07, 6.45) is 3.18. The Hall–Kier alpha value is -1.14. The number of hydrogen-bond donors (Lipinski definition) is 1. The number of benzene rings is 1. The van der Waals surface area contributed by atoms with Crippen LogP contribution in [0.5, 0.6) is 0 Å². The number of carbonyl (C=O) groups is 1. The fourth-order valence-electron chi connectivity index (χ4n) is 3.18. The quantitative estimate of drug-likeness (QED) is 0.789. The van der Waals surface area contributed by atoms with E-state index >= 15 is 0 Å². The van der Waals surface area contributed by atoms with Crippen LogP contribution in [-0.2, 0) is 20.7 Å². The van der Waals surface area contributed by atoms with Crippen molar-refractivity contribution in [3.8, 4) is 0 Å². The Bertz CT molecular complexity index is 494. The number of rotatable bonds is 6. The van der Waals surface area contributed by atoms with E-state index in [1.165, 1.54) is 5.56 Å². The van der Waals surface area contributed by atoms with Crippen LogP contribution in [0.25, 0.3) is 0 Å². The molecule has 6 heteroatoms. The molecule has 2 aliphatic heterocycles. The minimum Gasteiger partial charge on any atom is -0.378 e. The van der Waals surface area contributed by atoms with Crippen LogP contribution < -0.4 is 5.32 Å². The summed E-state index contributed by atoms with van der Waals surface area (Å²) in [5.41, 5.74) is 1.35. The minimum atomic E-state index is -0.180. The zero-order valence-corrected chi connectivity index (χ0v) is 14.8. The molecule has 0 spiro atoms. The van der Waals surface area contributed by atoms with Gasteiger partial charge in [0.2, 0.25) is 5.91 Å². The standard InChI is InChI=1S/C18H26N2O3.ClH/c21-18(17-14-22-12-9-19-17)20-10-8-16(13-20)23-11-4-7-15-5-2-1-3-6-15;/h1-3,5-6,16-17,19H,4,7-14H2;1H. The number of halogens is 1. The van der Waals surface area contributed by atoms with Gasteiger partial charge in [-0.05, 0) is 24.8 Å². The lowest BCUT2D eigenvalue weighted by molar-refractivity contribution is -0.135. The van der Waals surface area contributed by atoms with Crippen LogP contribution in [0.15, 0.2) is 30.3 Å². The Morgan fingerprint density at radius 2 is 2.17 bits per heavy atom. The molecule has 2 atom stereocenters. The maximum absolute atomic E-state index is 12.4. The van der Waals surface area contributed by atoms with E-state index in [4.69, 9.17) is 9.47 Å². The Kier molecular flexibility index (Phi) is 7.99. The van der Waals surface area contributed by atoms with Gasteiger partial charge in [-0.3, -0.25) is 4.79 Å². The monoisotopic (exact) mass is 354 g/mol. The minimum absolute atomic E-state index is 0. The molecule has 2 aliphatic rings. The molecule has 5 nitrogen and oxygen atoms in total. The normalized spacial score (nSPS) is 23.8. The van der Waals surface area contributed by atoms with Crippen LogP contribution in [0.4, 0.5) is 0 Å². The zero-order valence-electron chi connectivity index (χ0n) is 14.0. The molecule has 1 N–H and O–H groups in total. The van der Waals surface area contributed by atoms with Crippen molar-refractivity contribution >= 4 is 18.3 Å². The summed E-state index contributed by atoms with van der Waals surface area (Å²) in [5, 5.41) is 3.22. The van der Waals surface area contributed by atoms with Crippen molar-refractivity contribution in [2.24, 2.45) is 0 Å². The zero-order chi connectivity index (χ0) is 15.9. The molecule has 1 aromatic rings. The number of amides is 1. The second-order valence-electron chi connectivity index (χ2n) is 6.24. The number of hydrogen-bond acceptors (Lipinski definition) is 4. The summed E-state index contributed by atoms with van der Waals surface area (Å²) in [5.74, 6) is 0.153. The molecule has 2 heterocycles. The van der Waals surface area contributed by atoms with E-state index < -0.39 is 0 Å². The maximum Gasteiger partial charge on any atom is 0.242 e. The van der Waals surface area contributed by atoms with E-state index in [0.717, 1.165) is 39.0 Å². The molecule has 1 amide bonds. The molecule has 2 fully saturated rings. The summed E-state index contributed by atoms with van der Waals surface area (Å²) in [6.45, 7) is 4.19. The van der Waals surface area contributed by atoms with Crippen molar-refractivity contribution in [2.75, 3.05) is 39.5 Å². The highest BCUT2D eigenvalue weighted by Crippen LogP contribution is 2.15. The fourth-order valence-corrected chi connectivity index (χ4v) is 3.18. The van der Waals surface area contributed by atoms with Gasteiger partial charge in [0.1, 0.15) is 6.04 Å². The molecular formula is C18H27ClN2O3. The third-order valence-corrected chi connectivity index (χ3v) is 4.48. The second kappa shape index (κ2) is 9.99. The molecule has 1 aromatic carbocycles. The SMILES string of the molecule is Cl.O=C(C1COCCN1)N1CCC(OCCCc2ccccc2)C1. The molecular weight excluding hydrogens is 328 g/mol. The highest BCUT2D eigenvalue weighted by molar-refractivity contribution is 5.85. The van der Waals surface area contributed by atoms with Crippen LogP contribution >= 0.6 is 12.4 Å². The van der Waals surface area contributed by atoms with Gasteiger partial charge in [-0.15, -0.1) is 12.4 Å². The first kappa shape index (κ1) is 19.2. The first-order chi connectivity index (χ1) is 11.3. The van der Waals surface area contributed by atoms with E-state index in [1.54, 1.807) is 0 Å². The predicted octanol–water partition coefficient (Wildman–Crippen LogP) is 1.65. The number of aryl methyl sites for hydroxylation is 1. The van der Waals surface area contributed by atoms with E-state index in [-0.39, 0.29) is 30.5 Å². The third-order valence-electron chi connectivity index (χ3n) is 4.48. The Morgan fingerprint density at radius 3 is 2.92 bits per heavy atom. The average Bonchev–Trinajstić information content (AvgIpc) is 3.09. The molecule has 3 rings (SSSR count). The van der Waals surface area contributed by atoms with Gasteiger partial charge < -0.3 is 19.7 Å². The van der Waals surface area contributed by atoms with Gasteiger partial charge in [0.15, 0.2) is 0 Å². The van der Waals surface area contributed by atoms with Gasteiger partial charge >= 0.3 is 0 Å². The van der Waals surface area contributed by atoms with Crippen molar-refractivity contribution in [3.63, 3.8) is 0 Å². The van der Waals surface area contributed by atoms with Gasteiger partial charge in [-0.25, -0.2) is 0 Å². The van der Waals surface area contributed by atoms with Crippen LogP contribution in [0, 0.1) is 0 Å². The van der Waals surface area contributed by atoms with Gasteiger partial charge in [-0.1, -0.05) is 30.3 Å². The number of morpholine rings is 1. The molecule has 0 radical (unpaired) electrons. The summed E-state index contributed by atoms with van der Waals surface area (Å²) in [7, 11) is 0. The largest absolute Gasteiger partial charge is 0.378 e. The molecule has 134 valence electrons. The predicted molar refractivity (Wildman–Crippen MR) is 95.6 cm³/mol. The van der Waals surface area contributed by atoms with Gasteiger partial charge in [0, 0.05) is 26.2 Å². The highest BCUT2D eigenvalue weighted by Gasteiger charge is 2.32. The molecule has 24 heavy (non-hydrogen) atoms. The van der Waals surface area contributed by atoms with Crippen molar-refractivity contribution in [3.05, 3.63) is 35.9 Å². The smallest absolute Gasteiger partial charge is 0.242 e. The lowest BCUT2D eigenvalue weighted by Crippen LogP contribution is -2.52. The van der Waals surface area contributed by atoms with Crippen LogP contribution in [0.1, 0.15) is 18.4 Å². The molecule has 0 saturated carbocycles. The van der Waals surface area contributed by atoms with Crippen LogP contribution in [0.3, 0.4) is 0 Å². The lowest BCUT2D eigenvalue weighted by atomic mass is 10.1. The topological polar surface area (TPSA) is 50.8 Å². The number of likely N-dealkylation sites (tertiary alicyclic amines) is 1. The molecule has 2 saturated heterocycles. The summed E-state index contributed by atoms with van der Waals surface area (Å²) >= 11 is 0. The summed E-state index contributed by atoms with van der Waals surface area (Å²) in [4.78, 5) is 14.3. The summed E-state index contributed by atoms with van der Waals surface area (Å²) in [6, 6.07) is 10.3. The maximum atomic E-state index is 12.4. The van der Waals surface area contributed by atoms with Crippen molar-refractivity contribution < 1.29 is 14.3 Å². The Morgan fingerprint density at radius 1 is 1.33 bits per heavy atom. The number of nitrogens with one attached hydrogen (secondary N) is 1. The molecule has 0 aliphatic carbocycles. The average molecular weight is 355 g/mol. The van der Waals surface area contributed by atoms with E-state index in [9.17, 15) is 4.79 Å². The third kappa shape index (κ3) is 5.45. The van der Waals surface area contributed by atoms with Crippen molar-refractivity contribution in [1.29, 1.82) is 0 Å². The van der Waals surface area contributed by atoms with E-state index in [2.05, 4.69) is 29.6 Å². The summed E-state index contributed by atoms with van der Waals surface area (Å²) < 4.78 is 11.3. The molecule has 0 aromatic heterocycles. The Labute approximate surface area is 150 Å². The first-order valence-electron chi connectivity index (χ1n) is 8.58. The second-order valence-corrected chi connectivity index (χ2v) is 6.24. The van der Waals surface area contributed by atoms with Crippen molar-refractivity contribution in [1.82, 2.24) is 10.2 Å². The molecule has 2 unspecified atom stereocenters. The Balaban J connectivity index is 0.00000208.